The van der Waals surface area contributed by atoms with Crippen molar-refractivity contribution < 1.29 is 9.59 Å². The molecule has 0 radical (unpaired) electrons. The van der Waals surface area contributed by atoms with Gasteiger partial charge in [0.05, 0.1) is 22.2 Å². The van der Waals surface area contributed by atoms with Crippen molar-refractivity contribution in [3.05, 3.63) is 143 Å². The Bertz CT molecular complexity index is 2290. The van der Waals surface area contributed by atoms with Crippen LogP contribution in [-0.2, 0) is 22.4 Å². The monoisotopic (exact) mass is 768 g/mol. The second-order valence-electron chi connectivity index (χ2n) is 15.8. The smallest absolute Gasteiger partial charge is 0.222 e. The minimum Gasteiger partial charge on any atom is -0.342 e. The summed E-state index contributed by atoms with van der Waals surface area (Å²) in [5.41, 5.74) is 7.24. The molecule has 6 aromatic rings. The molecule has 2 aliphatic rings. The van der Waals surface area contributed by atoms with Crippen LogP contribution in [0.15, 0.2) is 110 Å². The molecule has 10 nitrogen and oxygen atoms in total. The van der Waals surface area contributed by atoms with Crippen molar-refractivity contribution in [3.63, 3.8) is 0 Å². The molecule has 2 amide bonds. The highest BCUT2D eigenvalue weighted by Crippen LogP contribution is 2.36. The summed E-state index contributed by atoms with van der Waals surface area (Å²) in [6, 6.07) is 28.0. The largest absolute Gasteiger partial charge is 0.342 e. The predicted molar refractivity (Wildman–Crippen MR) is 224 cm³/mol. The normalized spacial score (nSPS) is 19.1. The second-order valence-corrected chi connectivity index (χ2v) is 15.8. The van der Waals surface area contributed by atoms with Gasteiger partial charge < -0.3 is 9.80 Å². The fraction of sp³-hybridized carbons (Fsp3) is 0.333. The summed E-state index contributed by atoms with van der Waals surface area (Å²) in [4.78, 5) is 47.0. The summed E-state index contributed by atoms with van der Waals surface area (Å²) in [5, 5.41) is 20.8. The van der Waals surface area contributed by atoms with Crippen LogP contribution in [0.25, 0.3) is 21.8 Å². The number of aryl methyl sites for hydroxylation is 2. The molecule has 58 heavy (non-hydrogen) atoms. The molecule has 2 aromatic carbocycles. The summed E-state index contributed by atoms with van der Waals surface area (Å²) in [5.74, 6) is 1.75. The van der Waals surface area contributed by atoms with E-state index in [1.165, 1.54) is 11.1 Å². The molecular formula is C48H48N8O2. The number of likely N-dealkylation sites (tertiary alicyclic amines) is 2. The Balaban J connectivity index is 0.000000177. The predicted octanol–water partition coefficient (Wildman–Crippen LogP) is 8.17. The van der Waals surface area contributed by atoms with E-state index in [1.807, 2.05) is 95.0 Å². The molecule has 4 unspecified atom stereocenters. The average molecular weight is 769 g/mol. The van der Waals surface area contributed by atoms with Gasteiger partial charge in [-0.05, 0) is 96.2 Å². The fourth-order valence-corrected chi connectivity index (χ4v) is 8.75. The molecule has 8 rings (SSSR count). The highest BCUT2D eigenvalue weighted by molar-refractivity contribution is 5.88. The van der Waals surface area contributed by atoms with Crippen molar-refractivity contribution in [2.75, 3.05) is 26.2 Å². The number of hydrogen-bond donors (Lipinski definition) is 0. The van der Waals surface area contributed by atoms with E-state index in [0.29, 0.717) is 61.7 Å². The van der Waals surface area contributed by atoms with Gasteiger partial charge in [-0.25, -0.2) is 0 Å². The number of aromatic nitrogens is 4. The molecule has 4 atom stereocenters. The van der Waals surface area contributed by atoms with E-state index in [9.17, 15) is 20.1 Å². The zero-order valence-electron chi connectivity index (χ0n) is 33.2. The highest BCUT2D eigenvalue weighted by Gasteiger charge is 2.31. The molecule has 4 aromatic heterocycles. The first-order valence-electron chi connectivity index (χ1n) is 20.2. The molecule has 6 heterocycles. The van der Waals surface area contributed by atoms with Crippen LogP contribution in [0.4, 0.5) is 0 Å². The van der Waals surface area contributed by atoms with Gasteiger partial charge in [0.2, 0.25) is 11.8 Å². The van der Waals surface area contributed by atoms with Crippen molar-refractivity contribution in [3.8, 4) is 12.1 Å². The molecule has 292 valence electrons. The molecule has 0 N–H and O–H groups in total. The third-order valence-corrected chi connectivity index (χ3v) is 11.5. The van der Waals surface area contributed by atoms with Gasteiger partial charge in [0.25, 0.3) is 0 Å². The van der Waals surface area contributed by atoms with Crippen LogP contribution in [0.5, 0.6) is 0 Å². The molecule has 0 spiro atoms. The van der Waals surface area contributed by atoms with E-state index >= 15 is 0 Å². The molecule has 0 saturated carbocycles. The second kappa shape index (κ2) is 18.6. The lowest BCUT2D eigenvalue weighted by Crippen LogP contribution is -2.42. The van der Waals surface area contributed by atoms with Crippen molar-refractivity contribution >= 4 is 33.6 Å². The number of carbonyl (C=O) groups excluding carboxylic acids is 2. The minimum absolute atomic E-state index is 0.196. The van der Waals surface area contributed by atoms with Crippen LogP contribution >= 0.6 is 0 Å². The van der Waals surface area contributed by atoms with Gasteiger partial charge in [-0.15, -0.1) is 0 Å². The van der Waals surface area contributed by atoms with E-state index < -0.39 is 0 Å². The lowest BCUT2D eigenvalue weighted by molar-refractivity contribution is -0.134. The number of piperidine rings is 2. The number of amides is 2. The summed E-state index contributed by atoms with van der Waals surface area (Å²) >= 11 is 0. The Morgan fingerprint density at radius 3 is 1.43 bits per heavy atom. The van der Waals surface area contributed by atoms with Crippen molar-refractivity contribution in [1.29, 1.82) is 10.5 Å². The Morgan fingerprint density at radius 2 is 1.03 bits per heavy atom. The Morgan fingerprint density at radius 1 is 0.603 bits per heavy atom. The molecule has 2 aliphatic heterocycles. The number of carbonyl (C=O) groups is 2. The van der Waals surface area contributed by atoms with Crippen LogP contribution in [0.2, 0.25) is 0 Å². The summed E-state index contributed by atoms with van der Waals surface area (Å²) < 4.78 is 0. The third kappa shape index (κ3) is 9.36. The van der Waals surface area contributed by atoms with Crippen LogP contribution < -0.4 is 0 Å². The Labute approximate surface area is 340 Å². The van der Waals surface area contributed by atoms with E-state index in [2.05, 4.69) is 45.9 Å². The van der Waals surface area contributed by atoms with E-state index in [4.69, 9.17) is 0 Å². The number of pyridine rings is 4. The third-order valence-electron chi connectivity index (χ3n) is 11.5. The van der Waals surface area contributed by atoms with Crippen LogP contribution in [0.1, 0.15) is 84.7 Å². The van der Waals surface area contributed by atoms with Crippen molar-refractivity contribution in [2.45, 2.75) is 64.2 Å². The summed E-state index contributed by atoms with van der Waals surface area (Å²) in [6.07, 6.45) is 15.1. The molecule has 2 fully saturated rings. The topological polar surface area (TPSA) is 140 Å². The standard InChI is InChI=1S/2C24H24N4O/c2*1-17-12-20(21-8-7-19(13-25)24-22(21)5-3-11-27-24)16-28(15-17)23(29)9-6-18-4-2-10-26-14-18/h2*2-5,7-8,10-11,14,17,20H,6,9,12,15-16H2,1H3. The first kappa shape index (κ1) is 39.7. The van der Waals surface area contributed by atoms with E-state index in [0.717, 1.165) is 58.9 Å². The lowest BCUT2D eigenvalue weighted by atomic mass is 9.83. The van der Waals surface area contributed by atoms with Gasteiger partial charge in [0, 0.05) is 98.8 Å². The van der Waals surface area contributed by atoms with E-state index in [1.54, 1.807) is 24.8 Å². The minimum atomic E-state index is 0.196. The maximum Gasteiger partial charge on any atom is 0.222 e. The van der Waals surface area contributed by atoms with Gasteiger partial charge in [-0.2, -0.15) is 10.5 Å². The highest BCUT2D eigenvalue weighted by atomic mass is 16.2. The molecule has 2 saturated heterocycles. The molecule has 0 aliphatic carbocycles. The van der Waals surface area contributed by atoms with Crippen molar-refractivity contribution in [1.82, 2.24) is 29.7 Å². The first-order valence-corrected chi connectivity index (χ1v) is 20.2. The first-order chi connectivity index (χ1) is 28.3. The number of fused-ring (bicyclic) bond motifs is 2. The fourth-order valence-electron chi connectivity index (χ4n) is 8.75. The van der Waals surface area contributed by atoms with Gasteiger partial charge in [0.1, 0.15) is 12.1 Å². The summed E-state index contributed by atoms with van der Waals surface area (Å²) in [7, 11) is 0. The van der Waals surface area contributed by atoms with Gasteiger partial charge in [-0.1, -0.05) is 50.2 Å². The number of hydrogen-bond acceptors (Lipinski definition) is 8. The van der Waals surface area contributed by atoms with Crippen LogP contribution in [0, 0.1) is 34.5 Å². The molecule has 0 bridgehead atoms. The number of benzene rings is 2. The molecule has 10 heteroatoms. The summed E-state index contributed by atoms with van der Waals surface area (Å²) in [6.45, 7) is 7.44. The van der Waals surface area contributed by atoms with Gasteiger partial charge >= 0.3 is 0 Å². The lowest BCUT2D eigenvalue weighted by Gasteiger charge is -2.37. The average Bonchev–Trinajstić information content (AvgIpc) is 3.27. The Kier molecular flexibility index (Phi) is 12.7. The maximum atomic E-state index is 12.9. The number of rotatable bonds is 8. The zero-order chi connectivity index (χ0) is 40.4. The van der Waals surface area contributed by atoms with E-state index in [-0.39, 0.29) is 23.7 Å². The SMILES string of the molecule is CC1CC(c2ccc(C#N)c3ncccc23)CN(C(=O)CCc2cccnc2)C1.CC1CC(c2ccc(C#N)c3ncccc23)CN(C(=O)CCc2cccnc2)C1. The van der Waals surface area contributed by atoms with Crippen LogP contribution in [-0.4, -0.2) is 67.7 Å². The zero-order valence-corrected chi connectivity index (χ0v) is 33.2. The maximum absolute atomic E-state index is 12.9. The number of nitriles is 2. The quantitative estimate of drug-likeness (QED) is 0.151. The van der Waals surface area contributed by atoms with Crippen molar-refractivity contribution in [2.24, 2.45) is 11.8 Å². The number of nitrogens with zero attached hydrogens (tertiary/aromatic N) is 8. The van der Waals surface area contributed by atoms with Gasteiger partial charge in [0.15, 0.2) is 0 Å². The van der Waals surface area contributed by atoms with Crippen LogP contribution in [0.3, 0.4) is 0 Å². The Hall–Kier alpha value is -6.52. The molecular weight excluding hydrogens is 721 g/mol. The van der Waals surface area contributed by atoms with Gasteiger partial charge in [-0.3, -0.25) is 29.5 Å².